The Morgan fingerprint density at radius 1 is 1.17 bits per heavy atom. The first-order valence-electron chi connectivity index (χ1n) is 7.53. The van der Waals surface area contributed by atoms with E-state index in [0.717, 1.165) is 16.8 Å². The number of hydrogen-bond acceptors (Lipinski definition) is 4. The molecule has 24 heavy (non-hydrogen) atoms. The molecule has 2 aromatic carbocycles. The highest BCUT2D eigenvalue weighted by atomic mass is 16.5. The van der Waals surface area contributed by atoms with Crippen molar-refractivity contribution in [1.29, 1.82) is 5.41 Å². The fourth-order valence-corrected chi connectivity index (χ4v) is 2.52. The molecular formula is C19H18N2O3. The molecule has 0 saturated carbocycles. The second kappa shape index (κ2) is 6.20. The number of anilines is 1. The molecule has 1 amide bonds. The molecule has 5 nitrogen and oxygen atoms in total. The zero-order valence-corrected chi connectivity index (χ0v) is 13.8. The molecular weight excluding hydrogens is 304 g/mol. The molecule has 1 heterocycles. The highest BCUT2D eigenvalue weighted by molar-refractivity contribution is 6.05. The van der Waals surface area contributed by atoms with Crippen molar-refractivity contribution >= 4 is 22.6 Å². The molecule has 1 aromatic heterocycles. The summed E-state index contributed by atoms with van der Waals surface area (Å²) in [5, 5.41) is 11.6. The Morgan fingerprint density at radius 2 is 1.96 bits per heavy atom. The van der Waals surface area contributed by atoms with Gasteiger partial charge < -0.3 is 14.5 Å². The van der Waals surface area contributed by atoms with Crippen molar-refractivity contribution in [2.75, 3.05) is 12.4 Å². The van der Waals surface area contributed by atoms with Crippen molar-refractivity contribution in [3.8, 4) is 5.75 Å². The lowest BCUT2D eigenvalue weighted by Gasteiger charge is -2.10. The lowest BCUT2D eigenvalue weighted by Crippen LogP contribution is -2.21. The van der Waals surface area contributed by atoms with Crippen LogP contribution in [-0.4, -0.2) is 13.0 Å². The Kier molecular flexibility index (Phi) is 4.08. The van der Waals surface area contributed by atoms with Crippen LogP contribution in [0.1, 0.15) is 21.5 Å². The van der Waals surface area contributed by atoms with E-state index in [4.69, 9.17) is 14.6 Å². The van der Waals surface area contributed by atoms with Gasteiger partial charge in [0.15, 0.2) is 11.3 Å². The average Bonchev–Trinajstić information content (AvgIpc) is 2.57. The number of benzene rings is 2. The minimum Gasteiger partial charge on any atom is -0.493 e. The van der Waals surface area contributed by atoms with Gasteiger partial charge in [-0.05, 0) is 43.2 Å². The zero-order valence-electron chi connectivity index (χ0n) is 13.8. The molecule has 0 unspecified atom stereocenters. The van der Waals surface area contributed by atoms with Crippen LogP contribution in [0.4, 0.5) is 5.69 Å². The van der Waals surface area contributed by atoms with Crippen molar-refractivity contribution in [3.05, 3.63) is 64.7 Å². The lowest BCUT2D eigenvalue weighted by atomic mass is 10.1. The number of para-hydroxylation sites is 1. The van der Waals surface area contributed by atoms with Crippen LogP contribution in [0.15, 0.2) is 46.9 Å². The predicted molar refractivity (Wildman–Crippen MR) is 92.5 cm³/mol. The summed E-state index contributed by atoms with van der Waals surface area (Å²) in [6, 6.07) is 12.9. The molecule has 0 spiro atoms. The van der Waals surface area contributed by atoms with Crippen molar-refractivity contribution in [2.45, 2.75) is 13.8 Å². The summed E-state index contributed by atoms with van der Waals surface area (Å²) >= 11 is 0. The first kappa shape index (κ1) is 15.8. The largest absolute Gasteiger partial charge is 0.493 e. The van der Waals surface area contributed by atoms with Crippen molar-refractivity contribution in [3.63, 3.8) is 0 Å². The molecule has 3 rings (SSSR count). The smallest absolute Gasteiger partial charge is 0.261 e. The van der Waals surface area contributed by atoms with Gasteiger partial charge in [-0.25, -0.2) is 0 Å². The molecule has 2 N–H and O–H groups in total. The van der Waals surface area contributed by atoms with Crippen LogP contribution < -0.4 is 15.6 Å². The second-order valence-corrected chi connectivity index (χ2v) is 5.64. The SMILES string of the molecule is COc1cccc2cc(C(=O)Nc3cc(C)ccc3C)c(=N)oc12. The van der Waals surface area contributed by atoms with E-state index in [9.17, 15) is 4.79 Å². The maximum atomic E-state index is 12.6. The van der Waals surface area contributed by atoms with E-state index in [1.165, 1.54) is 7.11 Å². The van der Waals surface area contributed by atoms with Crippen molar-refractivity contribution in [1.82, 2.24) is 0 Å². The number of hydrogen-bond donors (Lipinski definition) is 2. The molecule has 0 radical (unpaired) electrons. The Bertz CT molecular complexity index is 990. The van der Waals surface area contributed by atoms with Crippen molar-refractivity contribution < 1.29 is 13.9 Å². The number of amides is 1. The minimum atomic E-state index is -0.373. The molecule has 0 atom stereocenters. The Labute approximate surface area is 139 Å². The maximum absolute atomic E-state index is 12.6. The van der Waals surface area contributed by atoms with Crippen LogP contribution in [0.2, 0.25) is 0 Å². The number of fused-ring (bicyclic) bond motifs is 1. The van der Waals surface area contributed by atoms with Gasteiger partial charge in [-0.2, -0.15) is 0 Å². The summed E-state index contributed by atoms with van der Waals surface area (Å²) in [4.78, 5) is 12.6. The summed E-state index contributed by atoms with van der Waals surface area (Å²) in [5.74, 6) is 0.157. The standard InChI is InChI=1S/C19H18N2O3/c1-11-7-8-12(2)15(9-11)21-19(22)14-10-13-5-4-6-16(23-3)17(13)24-18(14)20/h4-10,20H,1-3H3,(H,21,22). The van der Waals surface area contributed by atoms with E-state index in [2.05, 4.69) is 5.32 Å². The van der Waals surface area contributed by atoms with Gasteiger partial charge in [0.25, 0.3) is 5.91 Å². The molecule has 0 fully saturated rings. The topological polar surface area (TPSA) is 75.3 Å². The Balaban J connectivity index is 2.03. The molecule has 0 aliphatic rings. The van der Waals surface area contributed by atoms with Gasteiger partial charge in [-0.1, -0.05) is 24.3 Å². The van der Waals surface area contributed by atoms with Gasteiger partial charge in [0, 0.05) is 11.1 Å². The second-order valence-electron chi connectivity index (χ2n) is 5.64. The summed E-state index contributed by atoms with van der Waals surface area (Å²) in [6.45, 7) is 3.88. The number of methoxy groups -OCH3 is 1. The summed E-state index contributed by atoms with van der Waals surface area (Å²) < 4.78 is 10.7. The number of rotatable bonds is 3. The number of nitrogens with one attached hydrogen (secondary N) is 2. The normalized spacial score (nSPS) is 10.6. The molecule has 0 aliphatic heterocycles. The minimum absolute atomic E-state index is 0.177. The van der Waals surface area contributed by atoms with Crippen LogP contribution >= 0.6 is 0 Å². The Hall–Kier alpha value is -3.08. The number of carbonyl (C=O) groups is 1. The van der Waals surface area contributed by atoms with Crippen LogP contribution in [0.25, 0.3) is 11.0 Å². The first-order chi connectivity index (χ1) is 11.5. The quantitative estimate of drug-likeness (QED) is 0.770. The van der Waals surface area contributed by atoms with Crippen LogP contribution in [0.3, 0.4) is 0 Å². The van der Waals surface area contributed by atoms with E-state index in [0.29, 0.717) is 16.7 Å². The van der Waals surface area contributed by atoms with Crippen LogP contribution in [-0.2, 0) is 0 Å². The fraction of sp³-hybridized carbons (Fsp3) is 0.158. The summed E-state index contributed by atoms with van der Waals surface area (Å²) in [5.41, 5.74) is 3.17. The number of ether oxygens (including phenoxy) is 1. The van der Waals surface area contributed by atoms with Gasteiger partial charge >= 0.3 is 0 Å². The van der Waals surface area contributed by atoms with E-state index >= 15 is 0 Å². The maximum Gasteiger partial charge on any atom is 0.261 e. The van der Waals surface area contributed by atoms with Crippen molar-refractivity contribution in [2.24, 2.45) is 0 Å². The van der Waals surface area contributed by atoms with Crippen LogP contribution in [0.5, 0.6) is 5.75 Å². The van der Waals surface area contributed by atoms with Gasteiger partial charge in [-0.15, -0.1) is 0 Å². The van der Waals surface area contributed by atoms with E-state index in [1.54, 1.807) is 12.1 Å². The van der Waals surface area contributed by atoms with Crippen LogP contribution in [0, 0.1) is 19.3 Å². The van der Waals surface area contributed by atoms with Gasteiger partial charge in [0.05, 0.1) is 7.11 Å². The van der Waals surface area contributed by atoms with E-state index in [1.807, 2.05) is 44.2 Å². The predicted octanol–water partition coefficient (Wildman–Crippen LogP) is 3.79. The molecule has 5 heteroatoms. The molecule has 122 valence electrons. The molecule has 0 saturated heterocycles. The molecule has 0 bridgehead atoms. The highest BCUT2D eigenvalue weighted by Crippen LogP contribution is 2.25. The Morgan fingerprint density at radius 3 is 2.71 bits per heavy atom. The highest BCUT2D eigenvalue weighted by Gasteiger charge is 2.14. The molecule has 0 aliphatic carbocycles. The fourth-order valence-electron chi connectivity index (χ4n) is 2.52. The zero-order chi connectivity index (χ0) is 17.3. The summed E-state index contributed by atoms with van der Waals surface area (Å²) in [6.07, 6.45) is 0. The number of carbonyl (C=O) groups excluding carboxylic acids is 1. The van der Waals surface area contributed by atoms with Gasteiger partial charge in [0.2, 0.25) is 5.55 Å². The summed E-state index contributed by atoms with van der Waals surface area (Å²) in [7, 11) is 1.54. The third-order valence-electron chi connectivity index (χ3n) is 3.86. The lowest BCUT2D eigenvalue weighted by molar-refractivity contribution is 0.102. The average molecular weight is 322 g/mol. The number of aryl methyl sites for hydroxylation is 2. The van der Waals surface area contributed by atoms with Gasteiger partial charge in [0.1, 0.15) is 5.56 Å². The van der Waals surface area contributed by atoms with Gasteiger partial charge in [-0.3, -0.25) is 10.2 Å². The third kappa shape index (κ3) is 2.88. The molecule has 3 aromatic rings. The monoisotopic (exact) mass is 322 g/mol. The van der Waals surface area contributed by atoms with E-state index in [-0.39, 0.29) is 17.0 Å². The first-order valence-corrected chi connectivity index (χ1v) is 7.53. The third-order valence-corrected chi connectivity index (χ3v) is 3.86. The van der Waals surface area contributed by atoms with E-state index < -0.39 is 0 Å².